The number of nitrogens with one attached hydrogen (secondary N) is 1. The second kappa shape index (κ2) is 62.4. The summed E-state index contributed by atoms with van der Waals surface area (Å²) in [6.07, 6.45) is 74.1. The Morgan fingerprint density at radius 1 is 0.333 bits per heavy atom. The average Bonchev–Trinajstić information content (AvgIpc) is 3.38. The Kier molecular flexibility index (Phi) is 61.4. The van der Waals surface area contributed by atoms with Crippen molar-refractivity contribution in [2.45, 2.75) is 398 Å². The first kappa shape index (κ1) is 70.9. The molecule has 0 aromatic rings. The van der Waals surface area contributed by atoms with Crippen LogP contribution in [0.3, 0.4) is 0 Å². The summed E-state index contributed by atoms with van der Waals surface area (Å²) >= 11 is 0. The maximum atomic E-state index is 12.5. The summed E-state index contributed by atoms with van der Waals surface area (Å²) in [6.45, 7) is 5.00. The molecule has 0 spiro atoms. The van der Waals surface area contributed by atoms with Gasteiger partial charge in [-0.3, -0.25) is 9.59 Å². The van der Waals surface area contributed by atoms with Crippen LogP contribution in [0.5, 0.6) is 0 Å². The molecule has 72 heavy (non-hydrogen) atoms. The molecule has 0 aliphatic carbocycles. The van der Waals surface area contributed by atoms with Crippen LogP contribution < -0.4 is 5.32 Å². The van der Waals surface area contributed by atoms with Gasteiger partial charge in [0.1, 0.15) is 0 Å². The van der Waals surface area contributed by atoms with Gasteiger partial charge in [-0.25, -0.2) is 0 Å². The zero-order valence-corrected chi connectivity index (χ0v) is 49.2. The molecule has 0 radical (unpaired) electrons. The van der Waals surface area contributed by atoms with Crippen LogP contribution in [0.15, 0.2) is 0 Å². The Morgan fingerprint density at radius 2 is 0.569 bits per heavy atom. The van der Waals surface area contributed by atoms with Gasteiger partial charge >= 0.3 is 5.97 Å². The fraction of sp³-hybridized carbons (Fsp3) is 0.970. The van der Waals surface area contributed by atoms with Crippen molar-refractivity contribution in [3.63, 3.8) is 0 Å². The van der Waals surface area contributed by atoms with Crippen LogP contribution in [0.4, 0.5) is 0 Å². The molecule has 6 heteroatoms. The maximum absolute atomic E-state index is 12.5. The molecule has 0 aromatic heterocycles. The van der Waals surface area contributed by atoms with Crippen molar-refractivity contribution in [1.82, 2.24) is 5.32 Å². The van der Waals surface area contributed by atoms with E-state index < -0.39 is 12.1 Å². The molecule has 430 valence electrons. The van der Waals surface area contributed by atoms with E-state index in [1.807, 2.05) is 0 Å². The molecule has 0 aliphatic rings. The molecule has 0 saturated carbocycles. The molecule has 6 nitrogen and oxygen atoms in total. The lowest BCUT2D eigenvalue weighted by Crippen LogP contribution is -2.45. The van der Waals surface area contributed by atoms with Gasteiger partial charge in [-0.1, -0.05) is 348 Å². The lowest BCUT2D eigenvalue weighted by Gasteiger charge is -2.22. The van der Waals surface area contributed by atoms with E-state index in [1.165, 1.54) is 315 Å². The highest BCUT2D eigenvalue weighted by Crippen LogP contribution is 2.19. The maximum Gasteiger partial charge on any atom is 0.305 e. The summed E-state index contributed by atoms with van der Waals surface area (Å²) in [5, 5.41) is 23.4. The van der Waals surface area contributed by atoms with Gasteiger partial charge in [0.15, 0.2) is 0 Å². The van der Waals surface area contributed by atoms with Crippen molar-refractivity contribution < 1.29 is 24.5 Å². The third-order valence-electron chi connectivity index (χ3n) is 15.9. The number of ether oxygens (including phenoxy) is 1. The van der Waals surface area contributed by atoms with Crippen LogP contribution in [0.1, 0.15) is 386 Å². The van der Waals surface area contributed by atoms with Gasteiger partial charge < -0.3 is 20.3 Å². The van der Waals surface area contributed by atoms with Crippen LogP contribution in [0.25, 0.3) is 0 Å². The number of carbonyl (C=O) groups is 2. The Balaban J connectivity index is 3.35. The minimum atomic E-state index is -0.662. The van der Waals surface area contributed by atoms with E-state index in [1.54, 1.807) is 0 Å². The minimum absolute atomic E-state index is 0.0189. The van der Waals surface area contributed by atoms with Crippen molar-refractivity contribution in [1.29, 1.82) is 0 Å². The summed E-state index contributed by atoms with van der Waals surface area (Å²) < 4.78 is 5.49. The molecule has 2 unspecified atom stereocenters. The highest BCUT2D eigenvalue weighted by Gasteiger charge is 2.20. The van der Waals surface area contributed by atoms with E-state index in [9.17, 15) is 19.8 Å². The van der Waals surface area contributed by atoms with E-state index in [0.717, 1.165) is 38.5 Å². The number of amides is 1. The first-order valence-electron chi connectivity index (χ1n) is 33.3. The smallest absolute Gasteiger partial charge is 0.305 e. The molecular weight excluding hydrogens is 887 g/mol. The lowest BCUT2D eigenvalue weighted by atomic mass is 10.0. The first-order valence-corrected chi connectivity index (χ1v) is 33.3. The quantitative estimate of drug-likeness (QED) is 0.0417. The van der Waals surface area contributed by atoms with Crippen molar-refractivity contribution in [3.05, 3.63) is 0 Å². The molecule has 2 atom stereocenters. The molecular formula is C66H131NO5. The van der Waals surface area contributed by atoms with Gasteiger partial charge in [-0.15, -0.1) is 0 Å². The highest BCUT2D eigenvalue weighted by atomic mass is 16.5. The monoisotopic (exact) mass is 1020 g/mol. The van der Waals surface area contributed by atoms with Crippen molar-refractivity contribution in [3.8, 4) is 0 Å². The topological polar surface area (TPSA) is 95.9 Å². The van der Waals surface area contributed by atoms with Crippen LogP contribution in [0.2, 0.25) is 0 Å². The fourth-order valence-electron chi connectivity index (χ4n) is 10.8. The number of aliphatic hydroxyl groups excluding tert-OH is 2. The Labute approximate surface area is 451 Å². The van der Waals surface area contributed by atoms with Crippen LogP contribution >= 0.6 is 0 Å². The Hall–Kier alpha value is -1.14. The molecule has 3 N–H and O–H groups in total. The molecule has 0 bridgehead atoms. The van der Waals surface area contributed by atoms with E-state index in [0.29, 0.717) is 25.9 Å². The third-order valence-corrected chi connectivity index (χ3v) is 15.9. The number of aliphatic hydroxyl groups is 2. The zero-order valence-electron chi connectivity index (χ0n) is 49.2. The van der Waals surface area contributed by atoms with Crippen LogP contribution in [0, 0.1) is 0 Å². The largest absolute Gasteiger partial charge is 0.466 e. The molecule has 0 heterocycles. The summed E-state index contributed by atoms with van der Waals surface area (Å²) in [6, 6.07) is -0.539. The molecule has 0 saturated heterocycles. The predicted octanol–water partition coefficient (Wildman–Crippen LogP) is 21.0. The number of carbonyl (C=O) groups excluding carboxylic acids is 2. The SMILES string of the molecule is CCCCCCCCCCCCCCCCCCCC(O)C(CO)NC(=O)CCCCCCCCCCCCCCCCCCCCCCCCCCOC(=O)CCCCCCCCCCCCCCCC. The van der Waals surface area contributed by atoms with Gasteiger partial charge in [0.25, 0.3) is 0 Å². The predicted molar refractivity (Wildman–Crippen MR) is 315 cm³/mol. The van der Waals surface area contributed by atoms with Crippen molar-refractivity contribution >= 4 is 11.9 Å². The van der Waals surface area contributed by atoms with Crippen molar-refractivity contribution in [2.24, 2.45) is 0 Å². The Bertz CT molecular complexity index is 1040. The van der Waals surface area contributed by atoms with Gasteiger partial charge in [0.2, 0.25) is 5.91 Å². The summed E-state index contributed by atoms with van der Waals surface area (Å²) in [7, 11) is 0. The number of hydrogen-bond donors (Lipinski definition) is 3. The highest BCUT2D eigenvalue weighted by molar-refractivity contribution is 5.76. The van der Waals surface area contributed by atoms with Crippen LogP contribution in [-0.4, -0.2) is 47.4 Å². The standard InChI is InChI=1S/C66H131NO5/c1-3-5-7-9-11-13-15-17-19-28-31-34-38-42-46-50-54-58-64(69)63(62-68)67-65(70)59-55-51-47-43-39-35-32-29-26-24-22-20-21-23-25-27-30-33-37-41-45-49-53-57-61-72-66(71)60-56-52-48-44-40-36-18-16-14-12-10-8-6-4-2/h63-64,68-69H,3-62H2,1-2H3,(H,67,70). The molecule has 1 amide bonds. The van der Waals surface area contributed by atoms with Gasteiger partial charge in [-0.05, 0) is 25.7 Å². The molecule has 0 aliphatic heterocycles. The van der Waals surface area contributed by atoms with E-state index in [2.05, 4.69) is 19.2 Å². The average molecular weight is 1020 g/mol. The second-order valence-corrected chi connectivity index (χ2v) is 23.2. The summed E-state index contributed by atoms with van der Waals surface area (Å²) in [5.74, 6) is -0.0107. The molecule has 0 fully saturated rings. The number of unbranched alkanes of at least 4 members (excludes halogenated alkanes) is 52. The first-order chi connectivity index (χ1) is 35.5. The number of esters is 1. The fourth-order valence-corrected chi connectivity index (χ4v) is 10.8. The van der Waals surface area contributed by atoms with Gasteiger partial charge in [0.05, 0.1) is 25.4 Å². The normalized spacial score (nSPS) is 12.4. The molecule has 0 rings (SSSR count). The van der Waals surface area contributed by atoms with Crippen molar-refractivity contribution in [2.75, 3.05) is 13.2 Å². The van der Waals surface area contributed by atoms with E-state index >= 15 is 0 Å². The third kappa shape index (κ3) is 58.1. The number of rotatable bonds is 63. The summed E-state index contributed by atoms with van der Waals surface area (Å²) in [4.78, 5) is 24.6. The van der Waals surface area contributed by atoms with Crippen LogP contribution in [-0.2, 0) is 14.3 Å². The van der Waals surface area contributed by atoms with Gasteiger partial charge in [-0.2, -0.15) is 0 Å². The van der Waals surface area contributed by atoms with E-state index in [4.69, 9.17) is 4.74 Å². The lowest BCUT2D eigenvalue weighted by molar-refractivity contribution is -0.143. The van der Waals surface area contributed by atoms with E-state index in [-0.39, 0.29) is 18.5 Å². The Morgan fingerprint density at radius 3 is 0.847 bits per heavy atom. The second-order valence-electron chi connectivity index (χ2n) is 23.2. The minimum Gasteiger partial charge on any atom is -0.466 e. The molecule has 0 aromatic carbocycles. The summed E-state index contributed by atoms with van der Waals surface area (Å²) in [5.41, 5.74) is 0. The zero-order chi connectivity index (χ0) is 52.2. The number of hydrogen-bond acceptors (Lipinski definition) is 5. The van der Waals surface area contributed by atoms with Gasteiger partial charge in [0, 0.05) is 12.8 Å².